The normalized spacial score (nSPS) is 12.3. The Balaban J connectivity index is 4.27. The molecule has 0 bridgehead atoms. The van der Waals surface area contributed by atoms with Gasteiger partial charge in [0.1, 0.15) is 0 Å². The highest BCUT2D eigenvalue weighted by atomic mass is 32.2. The minimum Gasteiger partial charge on any atom is -0.212 e. The molecule has 0 aliphatic carbocycles. The van der Waals surface area contributed by atoms with Crippen molar-refractivity contribution in [2.75, 3.05) is 18.8 Å². The van der Waals surface area contributed by atoms with Crippen LogP contribution < -0.4 is 0 Å². The summed E-state index contributed by atoms with van der Waals surface area (Å²) in [6.07, 6.45) is 1.58. The van der Waals surface area contributed by atoms with Crippen molar-refractivity contribution in [3.63, 3.8) is 0 Å². The minimum atomic E-state index is -2.95. The average molecular weight is 193 g/mol. The quantitative estimate of drug-likeness (QED) is 0.640. The van der Waals surface area contributed by atoms with Crippen molar-refractivity contribution in [1.29, 1.82) is 0 Å². The molecule has 0 radical (unpaired) electrons. The van der Waals surface area contributed by atoms with E-state index in [1.54, 1.807) is 4.31 Å². The highest BCUT2D eigenvalue weighted by molar-refractivity contribution is 7.89. The molecule has 0 N–H and O–H groups in total. The van der Waals surface area contributed by atoms with Crippen molar-refractivity contribution in [3.8, 4) is 0 Å². The van der Waals surface area contributed by atoms with Gasteiger partial charge in [-0.25, -0.2) is 12.7 Å². The van der Waals surface area contributed by atoms with E-state index in [9.17, 15) is 8.42 Å². The molecule has 74 valence electrons. The Labute approximate surface area is 75.8 Å². The molecule has 0 rings (SSSR count). The number of sulfonamides is 1. The molecule has 12 heavy (non-hydrogen) atoms. The van der Waals surface area contributed by atoms with Crippen LogP contribution in [0.15, 0.2) is 0 Å². The number of nitrogens with zero attached hydrogens (tertiary/aromatic N) is 1. The second-order valence-corrected chi connectivity index (χ2v) is 4.90. The lowest BCUT2D eigenvalue weighted by molar-refractivity contribution is 0.426. The van der Waals surface area contributed by atoms with E-state index >= 15 is 0 Å². The molecule has 0 aliphatic rings. The van der Waals surface area contributed by atoms with Crippen LogP contribution in [0.3, 0.4) is 0 Å². The monoisotopic (exact) mass is 193 g/mol. The zero-order valence-electron chi connectivity index (χ0n) is 8.21. The van der Waals surface area contributed by atoms with Gasteiger partial charge in [-0.1, -0.05) is 20.8 Å². The van der Waals surface area contributed by atoms with Crippen LogP contribution in [0.1, 0.15) is 33.6 Å². The van der Waals surface area contributed by atoms with E-state index in [1.165, 1.54) is 0 Å². The predicted octanol–water partition coefficient (Wildman–Crippen LogP) is 1.46. The Kier molecular flexibility index (Phi) is 5.50. The SMILES string of the molecule is CCCN(CC)S(=O)(=O)CCC. The number of rotatable bonds is 6. The molecule has 0 heterocycles. The van der Waals surface area contributed by atoms with Gasteiger partial charge in [0.25, 0.3) is 0 Å². The standard InChI is InChI=1S/C8H19NO2S/c1-4-7-9(6-3)12(10,11)8-5-2/h4-8H2,1-3H3. The average Bonchev–Trinajstić information content (AvgIpc) is 1.99. The molecular weight excluding hydrogens is 174 g/mol. The van der Waals surface area contributed by atoms with Gasteiger partial charge in [0.15, 0.2) is 0 Å². The van der Waals surface area contributed by atoms with E-state index in [0.717, 1.165) is 6.42 Å². The van der Waals surface area contributed by atoms with Gasteiger partial charge in [-0.3, -0.25) is 0 Å². The molecule has 0 saturated carbocycles. The van der Waals surface area contributed by atoms with E-state index in [1.807, 2.05) is 20.8 Å². The Bertz CT molecular complexity index is 199. The summed E-state index contributed by atoms with van der Waals surface area (Å²) >= 11 is 0. The number of hydrogen-bond acceptors (Lipinski definition) is 2. The molecule has 4 heteroatoms. The molecule has 0 unspecified atom stereocenters. The third kappa shape index (κ3) is 3.54. The van der Waals surface area contributed by atoms with E-state index in [2.05, 4.69) is 0 Å². The number of hydrogen-bond donors (Lipinski definition) is 0. The van der Waals surface area contributed by atoms with E-state index in [-0.39, 0.29) is 5.75 Å². The van der Waals surface area contributed by atoms with Crippen LogP contribution in [0.5, 0.6) is 0 Å². The topological polar surface area (TPSA) is 37.4 Å². The van der Waals surface area contributed by atoms with E-state index < -0.39 is 10.0 Å². The second kappa shape index (κ2) is 5.54. The van der Waals surface area contributed by atoms with Crippen molar-refractivity contribution >= 4 is 10.0 Å². The van der Waals surface area contributed by atoms with Gasteiger partial charge in [0.05, 0.1) is 5.75 Å². The van der Waals surface area contributed by atoms with Gasteiger partial charge in [-0.2, -0.15) is 0 Å². The molecule has 0 saturated heterocycles. The first-order valence-electron chi connectivity index (χ1n) is 4.56. The summed E-state index contributed by atoms with van der Waals surface area (Å²) < 4.78 is 24.5. The summed E-state index contributed by atoms with van der Waals surface area (Å²) in [6, 6.07) is 0. The fourth-order valence-corrected chi connectivity index (χ4v) is 2.76. The molecule has 0 aromatic rings. The fraction of sp³-hybridized carbons (Fsp3) is 1.00. The van der Waals surface area contributed by atoms with E-state index in [0.29, 0.717) is 19.5 Å². The molecule has 0 atom stereocenters. The first-order valence-corrected chi connectivity index (χ1v) is 6.17. The molecule has 0 aromatic heterocycles. The lowest BCUT2D eigenvalue weighted by Gasteiger charge is -2.18. The third-order valence-electron chi connectivity index (χ3n) is 1.68. The third-order valence-corrected chi connectivity index (χ3v) is 3.83. The van der Waals surface area contributed by atoms with Gasteiger partial charge in [-0.05, 0) is 12.8 Å². The van der Waals surface area contributed by atoms with Crippen molar-refractivity contribution in [2.24, 2.45) is 0 Å². The lowest BCUT2D eigenvalue weighted by atomic mass is 10.5. The molecule has 3 nitrogen and oxygen atoms in total. The Hall–Kier alpha value is -0.0900. The second-order valence-electron chi connectivity index (χ2n) is 2.81. The maximum atomic E-state index is 11.5. The van der Waals surface area contributed by atoms with Gasteiger partial charge < -0.3 is 0 Å². The van der Waals surface area contributed by atoms with Crippen molar-refractivity contribution in [1.82, 2.24) is 4.31 Å². The predicted molar refractivity (Wildman–Crippen MR) is 51.6 cm³/mol. The van der Waals surface area contributed by atoms with Gasteiger partial charge in [0, 0.05) is 13.1 Å². The van der Waals surface area contributed by atoms with E-state index in [4.69, 9.17) is 0 Å². The molecular formula is C8H19NO2S. The first-order chi connectivity index (χ1) is 5.58. The summed E-state index contributed by atoms with van der Waals surface area (Å²) in [4.78, 5) is 0. The van der Waals surface area contributed by atoms with Crippen LogP contribution in [-0.2, 0) is 10.0 Å². The molecule has 0 fully saturated rings. The van der Waals surface area contributed by atoms with Gasteiger partial charge in [-0.15, -0.1) is 0 Å². The van der Waals surface area contributed by atoms with Crippen molar-refractivity contribution < 1.29 is 8.42 Å². The van der Waals surface area contributed by atoms with Gasteiger partial charge >= 0.3 is 0 Å². The van der Waals surface area contributed by atoms with Gasteiger partial charge in [0.2, 0.25) is 10.0 Å². The van der Waals surface area contributed by atoms with Crippen molar-refractivity contribution in [3.05, 3.63) is 0 Å². The zero-order valence-corrected chi connectivity index (χ0v) is 9.02. The van der Waals surface area contributed by atoms with Crippen LogP contribution in [0, 0.1) is 0 Å². The molecule has 0 aliphatic heterocycles. The van der Waals surface area contributed by atoms with Crippen LogP contribution in [-0.4, -0.2) is 31.6 Å². The largest absolute Gasteiger partial charge is 0.214 e. The summed E-state index contributed by atoms with van der Waals surface area (Å²) in [7, 11) is -2.95. The Morgan fingerprint density at radius 2 is 1.67 bits per heavy atom. The Morgan fingerprint density at radius 1 is 1.08 bits per heavy atom. The lowest BCUT2D eigenvalue weighted by Crippen LogP contribution is -2.33. The van der Waals surface area contributed by atoms with Crippen LogP contribution in [0.25, 0.3) is 0 Å². The maximum absolute atomic E-state index is 11.5. The summed E-state index contributed by atoms with van der Waals surface area (Å²) in [6.45, 7) is 7.00. The smallest absolute Gasteiger partial charge is 0.212 e. The van der Waals surface area contributed by atoms with Crippen LogP contribution >= 0.6 is 0 Å². The highest BCUT2D eigenvalue weighted by Gasteiger charge is 2.17. The maximum Gasteiger partial charge on any atom is 0.214 e. The summed E-state index contributed by atoms with van der Waals surface area (Å²) in [5.74, 6) is 0.279. The summed E-state index contributed by atoms with van der Waals surface area (Å²) in [5.41, 5.74) is 0. The first kappa shape index (κ1) is 11.9. The van der Waals surface area contributed by atoms with Crippen LogP contribution in [0.4, 0.5) is 0 Å². The highest BCUT2D eigenvalue weighted by Crippen LogP contribution is 2.03. The zero-order chi connectivity index (χ0) is 9.61. The molecule has 0 spiro atoms. The summed E-state index contributed by atoms with van der Waals surface area (Å²) in [5, 5.41) is 0. The Morgan fingerprint density at radius 3 is 2.00 bits per heavy atom. The van der Waals surface area contributed by atoms with Crippen molar-refractivity contribution in [2.45, 2.75) is 33.6 Å². The minimum absolute atomic E-state index is 0.279. The molecule has 0 amide bonds. The molecule has 0 aromatic carbocycles. The van der Waals surface area contributed by atoms with Crippen LogP contribution in [0.2, 0.25) is 0 Å². The fourth-order valence-electron chi connectivity index (χ4n) is 1.13.